The summed E-state index contributed by atoms with van der Waals surface area (Å²) in [5, 5.41) is 8.45. The number of alkyl halides is 1. The lowest BCUT2D eigenvalue weighted by molar-refractivity contribution is -0.119. The molecule has 1 heterocycles. The van der Waals surface area contributed by atoms with Crippen molar-refractivity contribution in [2.45, 2.75) is 6.42 Å². The van der Waals surface area contributed by atoms with Gasteiger partial charge in [0, 0.05) is 25.4 Å². The van der Waals surface area contributed by atoms with Gasteiger partial charge in [0.2, 0.25) is 5.91 Å². The van der Waals surface area contributed by atoms with Crippen LogP contribution in [0.3, 0.4) is 0 Å². The van der Waals surface area contributed by atoms with Crippen LogP contribution in [0.5, 0.6) is 0 Å². The van der Waals surface area contributed by atoms with Crippen molar-refractivity contribution in [2.24, 2.45) is 7.05 Å². The van der Waals surface area contributed by atoms with E-state index in [0.29, 0.717) is 5.82 Å². The van der Waals surface area contributed by atoms with Gasteiger partial charge >= 0.3 is 6.03 Å². The fourth-order valence-electron chi connectivity index (χ4n) is 0.919. The Bertz CT molecular complexity index is 363. The van der Waals surface area contributed by atoms with Crippen molar-refractivity contribution >= 4 is 29.4 Å². The highest BCUT2D eigenvalue weighted by Crippen LogP contribution is 2.02. The molecule has 82 valence electrons. The fourth-order valence-corrected chi connectivity index (χ4v) is 1.09. The second-order valence-electron chi connectivity index (χ2n) is 2.78. The van der Waals surface area contributed by atoms with Gasteiger partial charge in [-0.15, -0.1) is 11.6 Å². The normalized spacial score (nSPS) is 9.73. The largest absolute Gasteiger partial charge is 0.327 e. The first-order valence-electron chi connectivity index (χ1n) is 4.28. The van der Waals surface area contributed by atoms with Crippen molar-refractivity contribution in [3.63, 3.8) is 0 Å². The van der Waals surface area contributed by atoms with E-state index in [4.69, 9.17) is 11.6 Å². The summed E-state index contributed by atoms with van der Waals surface area (Å²) in [6.07, 6.45) is 1.65. The topological polar surface area (TPSA) is 76.0 Å². The highest BCUT2D eigenvalue weighted by molar-refractivity contribution is 6.19. The summed E-state index contributed by atoms with van der Waals surface area (Å²) in [6, 6.07) is 1.03. The molecule has 1 aromatic rings. The summed E-state index contributed by atoms with van der Waals surface area (Å²) in [6.45, 7) is 0. The molecular weight excluding hydrogens is 220 g/mol. The number of imide groups is 1. The highest BCUT2D eigenvalue weighted by Gasteiger charge is 2.08. The van der Waals surface area contributed by atoms with E-state index >= 15 is 0 Å². The van der Waals surface area contributed by atoms with Crippen molar-refractivity contribution in [1.82, 2.24) is 15.1 Å². The van der Waals surface area contributed by atoms with Gasteiger partial charge in [-0.2, -0.15) is 5.10 Å². The number of hydrogen-bond donors (Lipinski definition) is 2. The summed E-state index contributed by atoms with van der Waals surface area (Å²) >= 11 is 5.34. The third-order valence-corrected chi connectivity index (χ3v) is 1.83. The first-order valence-corrected chi connectivity index (χ1v) is 4.81. The van der Waals surface area contributed by atoms with Crippen LogP contribution in [0.25, 0.3) is 0 Å². The maximum Gasteiger partial charge on any atom is 0.327 e. The molecule has 0 aromatic carbocycles. The van der Waals surface area contributed by atoms with Gasteiger partial charge in [-0.05, 0) is 0 Å². The molecule has 1 rings (SSSR count). The maximum atomic E-state index is 11.2. The number of urea groups is 1. The van der Waals surface area contributed by atoms with Crippen molar-refractivity contribution in [3.8, 4) is 0 Å². The van der Waals surface area contributed by atoms with Crippen LogP contribution >= 0.6 is 11.6 Å². The third kappa shape index (κ3) is 3.59. The monoisotopic (exact) mass is 230 g/mol. The first kappa shape index (κ1) is 11.5. The number of hydrogen-bond acceptors (Lipinski definition) is 3. The fraction of sp³-hybridized carbons (Fsp3) is 0.375. The minimum absolute atomic E-state index is 0.111. The lowest BCUT2D eigenvalue weighted by Crippen LogP contribution is -2.34. The zero-order valence-electron chi connectivity index (χ0n) is 8.16. The Morgan fingerprint density at radius 2 is 2.33 bits per heavy atom. The summed E-state index contributed by atoms with van der Waals surface area (Å²) in [5.74, 6) is 0.279. The van der Waals surface area contributed by atoms with Crippen LogP contribution in [0, 0.1) is 0 Å². The number of carbonyl (C=O) groups excluding carboxylic acids is 2. The molecule has 0 aliphatic rings. The Morgan fingerprint density at radius 1 is 1.60 bits per heavy atom. The minimum Gasteiger partial charge on any atom is -0.292 e. The summed E-state index contributed by atoms with van der Waals surface area (Å²) in [5.41, 5.74) is 0. The van der Waals surface area contributed by atoms with E-state index in [1.165, 1.54) is 10.9 Å². The Hall–Kier alpha value is -1.56. The Kier molecular flexibility index (Phi) is 4.11. The van der Waals surface area contributed by atoms with Gasteiger partial charge in [0.1, 0.15) is 5.82 Å². The molecule has 1 aromatic heterocycles. The van der Waals surface area contributed by atoms with Crippen molar-refractivity contribution < 1.29 is 9.59 Å². The summed E-state index contributed by atoms with van der Waals surface area (Å²) in [7, 11) is 1.68. The number of halogens is 1. The van der Waals surface area contributed by atoms with Crippen LogP contribution in [0.1, 0.15) is 6.42 Å². The van der Waals surface area contributed by atoms with E-state index in [1.54, 1.807) is 13.1 Å². The molecule has 0 saturated heterocycles. The number of carbonyl (C=O) groups is 2. The van der Waals surface area contributed by atoms with Gasteiger partial charge in [-0.25, -0.2) is 4.79 Å². The Balaban J connectivity index is 2.43. The molecule has 0 fully saturated rings. The predicted molar refractivity (Wildman–Crippen MR) is 55.7 cm³/mol. The van der Waals surface area contributed by atoms with Crippen molar-refractivity contribution in [1.29, 1.82) is 0 Å². The van der Waals surface area contributed by atoms with Gasteiger partial charge in [-0.1, -0.05) is 0 Å². The maximum absolute atomic E-state index is 11.2. The quantitative estimate of drug-likeness (QED) is 0.751. The number of rotatable bonds is 3. The molecule has 0 spiro atoms. The molecule has 6 nitrogen and oxygen atoms in total. The lowest BCUT2D eigenvalue weighted by atomic mass is 10.4. The molecule has 0 atom stereocenters. The lowest BCUT2D eigenvalue weighted by Gasteiger charge is -2.05. The molecule has 0 bridgehead atoms. The second kappa shape index (κ2) is 5.35. The minimum atomic E-state index is -0.589. The molecule has 0 unspecified atom stereocenters. The zero-order chi connectivity index (χ0) is 11.3. The molecule has 0 aliphatic carbocycles. The molecule has 2 N–H and O–H groups in total. The second-order valence-corrected chi connectivity index (χ2v) is 3.16. The average molecular weight is 231 g/mol. The van der Waals surface area contributed by atoms with Crippen molar-refractivity contribution in [3.05, 3.63) is 12.3 Å². The van der Waals surface area contributed by atoms with Crippen LogP contribution in [0.2, 0.25) is 0 Å². The van der Waals surface area contributed by atoms with E-state index in [2.05, 4.69) is 15.7 Å². The van der Waals surface area contributed by atoms with Crippen LogP contribution < -0.4 is 10.6 Å². The number of aryl methyl sites for hydroxylation is 1. The Labute approximate surface area is 91.6 Å². The van der Waals surface area contributed by atoms with Gasteiger partial charge in [0.05, 0.1) is 6.20 Å². The average Bonchev–Trinajstić information content (AvgIpc) is 2.52. The smallest absolute Gasteiger partial charge is 0.292 e. The van der Waals surface area contributed by atoms with Crippen LogP contribution in [0.15, 0.2) is 12.3 Å². The number of nitrogens with one attached hydrogen (secondary N) is 2. The summed E-state index contributed by atoms with van der Waals surface area (Å²) in [4.78, 5) is 22.2. The predicted octanol–water partition coefficient (Wildman–Crippen LogP) is 0.697. The van der Waals surface area contributed by atoms with Crippen LogP contribution in [-0.2, 0) is 11.8 Å². The van der Waals surface area contributed by atoms with Gasteiger partial charge < -0.3 is 0 Å². The van der Waals surface area contributed by atoms with E-state index in [1.807, 2.05) is 0 Å². The molecular formula is C8H11ClN4O2. The number of aromatic nitrogens is 2. The zero-order valence-corrected chi connectivity index (χ0v) is 8.91. The van der Waals surface area contributed by atoms with E-state index in [-0.39, 0.29) is 12.3 Å². The van der Waals surface area contributed by atoms with Gasteiger partial charge in [0.15, 0.2) is 0 Å². The third-order valence-electron chi connectivity index (χ3n) is 1.64. The van der Waals surface area contributed by atoms with E-state index in [0.717, 1.165) is 0 Å². The van der Waals surface area contributed by atoms with Gasteiger partial charge in [-0.3, -0.25) is 20.1 Å². The number of anilines is 1. The summed E-state index contributed by atoms with van der Waals surface area (Å²) < 4.78 is 1.48. The number of nitrogens with zero attached hydrogens (tertiary/aromatic N) is 2. The number of amides is 3. The highest BCUT2D eigenvalue weighted by atomic mass is 35.5. The standard InChI is InChI=1S/C8H11ClN4O2/c1-13-6(3-5-10-13)11-8(15)12-7(14)2-4-9/h3,5H,2,4H2,1H3,(H2,11,12,14,15). The molecule has 0 saturated carbocycles. The molecule has 0 aliphatic heterocycles. The van der Waals surface area contributed by atoms with Crippen molar-refractivity contribution in [2.75, 3.05) is 11.2 Å². The van der Waals surface area contributed by atoms with Crippen LogP contribution in [0.4, 0.5) is 10.6 Å². The molecule has 0 radical (unpaired) electrons. The molecule has 15 heavy (non-hydrogen) atoms. The van der Waals surface area contributed by atoms with Crippen LogP contribution in [-0.4, -0.2) is 27.6 Å². The molecule has 7 heteroatoms. The van der Waals surface area contributed by atoms with E-state index in [9.17, 15) is 9.59 Å². The first-order chi connectivity index (χ1) is 7.13. The molecule has 3 amide bonds. The van der Waals surface area contributed by atoms with E-state index < -0.39 is 11.9 Å². The SMILES string of the molecule is Cn1nccc1NC(=O)NC(=O)CCCl. The van der Waals surface area contributed by atoms with Gasteiger partial charge in [0.25, 0.3) is 0 Å². The Morgan fingerprint density at radius 3 is 2.87 bits per heavy atom.